The molecule has 0 bridgehead atoms. The van der Waals surface area contributed by atoms with Gasteiger partial charge in [0.05, 0.1) is 11.9 Å². The van der Waals surface area contributed by atoms with Crippen molar-refractivity contribution in [3.8, 4) is 11.3 Å². The van der Waals surface area contributed by atoms with Crippen molar-refractivity contribution in [1.29, 1.82) is 0 Å². The minimum atomic E-state index is -1.12. The normalized spacial score (nSPS) is 10.7. The molecule has 2 heterocycles. The first-order valence-electron chi connectivity index (χ1n) is 8.90. The van der Waals surface area contributed by atoms with Crippen molar-refractivity contribution >= 4 is 40.8 Å². The van der Waals surface area contributed by atoms with Gasteiger partial charge in [-0.2, -0.15) is 0 Å². The second-order valence-corrected chi connectivity index (χ2v) is 6.91. The molecular formula is C21H16ClN5O3. The van der Waals surface area contributed by atoms with Gasteiger partial charge in [-0.05, 0) is 42.5 Å². The number of carboxylic acid groups (broad SMARTS) is 1. The lowest BCUT2D eigenvalue weighted by atomic mass is 10.1. The fourth-order valence-corrected chi connectivity index (χ4v) is 3.12. The summed E-state index contributed by atoms with van der Waals surface area (Å²) in [7, 11) is 1.68. The molecule has 0 saturated heterocycles. The van der Waals surface area contributed by atoms with E-state index in [0.717, 1.165) is 5.56 Å². The van der Waals surface area contributed by atoms with Crippen LogP contribution in [0, 0.1) is 0 Å². The fraction of sp³-hybridized carbons (Fsp3) is 0.0476. The first kappa shape index (κ1) is 19.4. The van der Waals surface area contributed by atoms with Crippen LogP contribution >= 0.6 is 11.6 Å². The quantitative estimate of drug-likeness (QED) is 0.508. The monoisotopic (exact) mass is 421 g/mol. The van der Waals surface area contributed by atoms with Gasteiger partial charge in [-0.1, -0.05) is 23.7 Å². The minimum absolute atomic E-state index is 0.233. The molecule has 0 atom stereocenters. The Labute approximate surface area is 176 Å². The molecule has 4 aromatic rings. The Kier molecular flexibility index (Phi) is 5.07. The number of halogens is 1. The molecule has 0 fully saturated rings. The molecule has 0 aliphatic carbocycles. The number of amides is 2. The van der Waals surface area contributed by atoms with Crippen LogP contribution in [0.25, 0.3) is 17.0 Å². The molecule has 0 aliphatic rings. The van der Waals surface area contributed by atoms with E-state index in [9.17, 15) is 9.59 Å². The van der Waals surface area contributed by atoms with Crippen LogP contribution in [0.5, 0.6) is 0 Å². The average molecular weight is 422 g/mol. The van der Waals surface area contributed by atoms with E-state index in [1.54, 1.807) is 72.2 Å². The molecule has 2 aromatic heterocycles. The Morgan fingerprint density at radius 3 is 2.43 bits per heavy atom. The highest BCUT2D eigenvalue weighted by atomic mass is 35.5. The highest BCUT2D eigenvalue weighted by Crippen LogP contribution is 2.22. The number of carbonyl (C=O) groups excluding carboxylic acids is 1. The first-order valence-corrected chi connectivity index (χ1v) is 9.28. The number of aromatic nitrogens is 3. The number of anilines is 2. The molecule has 8 nitrogen and oxygen atoms in total. The minimum Gasteiger partial charge on any atom is -0.465 e. The lowest BCUT2D eigenvalue weighted by Gasteiger charge is -2.17. The third-order valence-electron chi connectivity index (χ3n) is 4.55. The number of fused-ring (bicyclic) bond motifs is 1. The van der Waals surface area contributed by atoms with Crippen molar-refractivity contribution in [2.75, 3.05) is 17.3 Å². The first-order chi connectivity index (χ1) is 14.4. The summed E-state index contributed by atoms with van der Waals surface area (Å²) in [6.07, 6.45) is 2.10. The van der Waals surface area contributed by atoms with E-state index in [1.807, 2.05) is 0 Å². The molecule has 9 heteroatoms. The van der Waals surface area contributed by atoms with Gasteiger partial charge in [0, 0.05) is 35.2 Å². The summed E-state index contributed by atoms with van der Waals surface area (Å²) in [5.41, 5.74) is 3.00. The predicted octanol–water partition coefficient (Wildman–Crippen LogP) is 4.42. The molecule has 4 rings (SSSR count). The third kappa shape index (κ3) is 3.81. The number of nitrogens with one attached hydrogen (secondary N) is 1. The van der Waals surface area contributed by atoms with E-state index < -0.39 is 6.09 Å². The third-order valence-corrected chi connectivity index (χ3v) is 4.80. The van der Waals surface area contributed by atoms with E-state index in [0.29, 0.717) is 33.6 Å². The van der Waals surface area contributed by atoms with Gasteiger partial charge in [-0.15, -0.1) is 0 Å². The summed E-state index contributed by atoms with van der Waals surface area (Å²) < 4.78 is 1.62. The smallest absolute Gasteiger partial charge is 0.409 e. The number of rotatable bonds is 4. The Bertz CT molecular complexity index is 1240. The summed E-state index contributed by atoms with van der Waals surface area (Å²) in [5, 5.41) is 11.7. The highest BCUT2D eigenvalue weighted by molar-refractivity contribution is 6.30. The second kappa shape index (κ2) is 7.84. The van der Waals surface area contributed by atoms with E-state index >= 15 is 0 Å². The van der Waals surface area contributed by atoms with Gasteiger partial charge >= 0.3 is 6.09 Å². The lowest BCUT2D eigenvalue weighted by Crippen LogP contribution is -2.27. The molecule has 0 aliphatic heterocycles. The summed E-state index contributed by atoms with van der Waals surface area (Å²) in [5.74, 6) is 0.150. The molecule has 2 aromatic carbocycles. The zero-order valence-electron chi connectivity index (χ0n) is 15.8. The van der Waals surface area contributed by atoms with Gasteiger partial charge in [0.15, 0.2) is 0 Å². The molecule has 0 unspecified atom stereocenters. The van der Waals surface area contributed by atoms with Crippen LogP contribution in [0.15, 0.2) is 67.0 Å². The van der Waals surface area contributed by atoms with Crippen LogP contribution in [0.1, 0.15) is 10.5 Å². The molecule has 2 N–H and O–H groups in total. The topological polar surface area (TPSA) is 99.8 Å². The highest BCUT2D eigenvalue weighted by Gasteiger charge is 2.18. The zero-order valence-corrected chi connectivity index (χ0v) is 16.5. The summed E-state index contributed by atoms with van der Waals surface area (Å²) in [4.78, 5) is 33.9. The summed E-state index contributed by atoms with van der Waals surface area (Å²) in [6.45, 7) is 0. The van der Waals surface area contributed by atoms with Crippen LogP contribution in [-0.4, -0.2) is 38.5 Å². The number of benzene rings is 2. The average Bonchev–Trinajstić information content (AvgIpc) is 3.16. The maximum absolute atomic E-state index is 12.9. The SMILES string of the molecule is CN(C(=O)c1cnc2nc(-c3ccc(NC(=O)O)cc3)ccn12)c1ccc(Cl)cc1. The summed E-state index contributed by atoms with van der Waals surface area (Å²) in [6, 6.07) is 15.6. The van der Waals surface area contributed by atoms with E-state index in [4.69, 9.17) is 16.7 Å². The van der Waals surface area contributed by atoms with Crippen LogP contribution in [-0.2, 0) is 0 Å². The molecule has 0 spiro atoms. The lowest BCUT2D eigenvalue weighted by molar-refractivity contribution is 0.0987. The van der Waals surface area contributed by atoms with E-state index in [-0.39, 0.29) is 5.91 Å². The molecule has 150 valence electrons. The van der Waals surface area contributed by atoms with Crippen molar-refractivity contribution in [3.05, 3.63) is 77.7 Å². The van der Waals surface area contributed by atoms with Gasteiger partial charge in [-0.3, -0.25) is 14.5 Å². The number of hydrogen-bond donors (Lipinski definition) is 2. The number of nitrogens with zero attached hydrogens (tertiary/aromatic N) is 4. The van der Waals surface area contributed by atoms with Crippen molar-refractivity contribution in [2.24, 2.45) is 0 Å². The Hall–Kier alpha value is -3.91. The standard InChI is InChI=1S/C21H16ClN5O3/c1-26(16-8-4-14(22)5-9-16)19(28)18-12-23-20-25-17(10-11-27(18)20)13-2-6-15(7-3-13)24-21(29)30/h2-12,24H,1H3,(H,29,30). The molecular weight excluding hydrogens is 406 g/mol. The van der Waals surface area contributed by atoms with Gasteiger partial charge in [0.25, 0.3) is 5.91 Å². The second-order valence-electron chi connectivity index (χ2n) is 6.47. The van der Waals surface area contributed by atoms with Crippen LogP contribution in [0.2, 0.25) is 5.02 Å². The maximum atomic E-state index is 12.9. The molecule has 0 radical (unpaired) electrons. The largest absolute Gasteiger partial charge is 0.465 e. The zero-order chi connectivity index (χ0) is 21.3. The number of carbonyl (C=O) groups is 2. The van der Waals surface area contributed by atoms with Crippen LogP contribution in [0.4, 0.5) is 16.2 Å². The van der Waals surface area contributed by atoms with Gasteiger partial charge in [0.1, 0.15) is 5.69 Å². The number of hydrogen-bond acceptors (Lipinski definition) is 4. The Morgan fingerprint density at radius 1 is 1.07 bits per heavy atom. The summed E-state index contributed by atoms with van der Waals surface area (Å²) >= 11 is 5.91. The van der Waals surface area contributed by atoms with Gasteiger partial charge in [0.2, 0.25) is 5.78 Å². The number of imidazole rings is 1. The van der Waals surface area contributed by atoms with E-state index in [2.05, 4.69) is 15.3 Å². The molecule has 0 saturated carbocycles. The van der Waals surface area contributed by atoms with Crippen LogP contribution < -0.4 is 10.2 Å². The van der Waals surface area contributed by atoms with Gasteiger partial charge < -0.3 is 10.0 Å². The Balaban J connectivity index is 1.61. The predicted molar refractivity (Wildman–Crippen MR) is 114 cm³/mol. The molecule has 2 amide bonds. The van der Waals surface area contributed by atoms with Crippen molar-refractivity contribution in [3.63, 3.8) is 0 Å². The maximum Gasteiger partial charge on any atom is 0.409 e. The van der Waals surface area contributed by atoms with Gasteiger partial charge in [-0.25, -0.2) is 14.8 Å². The van der Waals surface area contributed by atoms with Crippen molar-refractivity contribution < 1.29 is 14.7 Å². The fourth-order valence-electron chi connectivity index (χ4n) is 2.99. The Morgan fingerprint density at radius 2 is 1.77 bits per heavy atom. The van der Waals surface area contributed by atoms with Crippen molar-refractivity contribution in [1.82, 2.24) is 14.4 Å². The van der Waals surface area contributed by atoms with Crippen molar-refractivity contribution in [2.45, 2.75) is 0 Å². The molecule has 30 heavy (non-hydrogen) atoms. The van der Waals surface area contributed by atoms with E-state index in [1.165, 1.54) is 11.1 Å². The van der Waals surface area contributed by atoms with Crippen LogP contribution in [0.3, 0.4) is 0 Å².